The van der Waals surface area contributed by atoms with Crippen LogP contribution in [0.15, 0.2) is 47.7 Å². The second-order valence-electron chi connectivity index (χ2n) is 8.06. The van der Waals surface area contributed by atoms with Gasteiger partial charge in [-0.15, -0.1) is 0 Å². The van der Waals surface area contributed by atoms with Gasteiger partial charge in [0.1, 0.15) is 6.61 Å². The van der Waals surface area contributed by atoms with Crippen molar-refractivity contribution < 1.29 is 14.3 Å². The van der Waals surface area contributed by atoms with Crippen LogP contribution in [0.3, 0.4) is 0 Å². The topological polar surface area (TPSA) is 59.6 Å². The number of benzene rings is 2. The van der Waals surface area contributed by atoms with Gasteiger partial charge in [-0.05, 0) is 74.7 Å². The van der Waals surface area contributed by atoms with Crippen molar-refractivity contribution in [2.45, 2.75) is 52.7 Å². The Bertz CT molecular complexity index is 1060. The standard InChI is InChI=1S/C25H28N2O3S/c1-4-29-22-13-17(24-23-19(26-25(31)27-24)6-5-7-20(23)28)10-11-21(22)30-14-18-12-15(2)8-9-16(18)3/h8-13,24H,4-7,14H2,1-3H3,(H2,26,27,31). The average Bonchev–Trinajstić information content (AvgIpc) is 2.74. The number of carbonyl (C=O) groups is 1. The number of aryl methyl sites for hydroxylation is 2. The summed E-state index contributed by atoms with van der Waals surface area (Å²) in [5.41, 5.74) is 6.22. The van der Waals surface area contributed by atoms with Gasteiger partial charge in [0.15, 0.2) is 22.4 Å². The molecule has 0 saturated carbocycles. The van der Waals surface area contributed by atoms with E-state index in [0.29, 0.717) is 36.2 Å². The van der Waals surface area contributed by atoms with E-state index in [4.69, 9.17) is 21.7 Å². The SMILES string of the molecule is CCOc1cc(C2NC(=S)NC3=C2C(=O)CCC3)ccc1OCc1cc(C)ccc1C. The Hall–Kier alpha value is -2.86. The Morgan fingerprint density at radius 3 is 2.71 bits per heavy atom. The van der Waals surface area contributed by atoms with Gasteiger partial charge in [-0.3, -0.25) is 4.79 Å². The predicted molar refractivity (Wildman–Crippen MR) is 125 cm³/mol. The van der Waals surface area contributed by atoms with E-state index < -0.39 is 0 Å². The van der Waals surface area contributed by atoms with Crippen LogP contribution in [0, 0.1) is 13.8 Å². The molecule has 4 rings (SSSR count). The molecule has 0 bridgehead atoms. The molecular weight excluding hydrogens is 408 g/mol. The molecule has 0 amide bonds. The van der Waals surface area contributed by atoms with Crippen molar-refractivity contribution in [3.63, 3.8) is 0 Å². The second-order valence-corrected chi connectivity index (χ2v) is 8.47. The summed E-state index contributed by atoms with van der Waals surface area (Å²) < 4.78 is 12.0. The van der Waals surface area contributed by atoms with Crippen LogP contribution in [0.25, 0.3) is 0 Å². The maximum atomic E-state index is 12.7. The molecule has 0 fully saturated rings. The third kappa shape index (κ3) is 4.59. The van der Waals surface area contributed by atoms with Gasteiger partial charge in [0.25, 0.3) is 0 Å². The van der Waals surface area contributed by atoms with Gasteiger partial charge in [0, 0.05) is 17.7 Å². The van der Waals surface area contributed by atoms with Crippen molar-refractivity contribution in [2.75, 3.05) is 6.61 Å². The minimum Gasteiger partial charge on any atom is -0.490 e. The monoisotopic (exact) mass is 436 g/mol. The van der Waals surface area contributed by atoms with E-state index in [9.17, 15) is 4.79 Å². The fourth-order valence-electron chi connectivity index (χ4n) is 4.16. The lowest BCUT2D eigenvalue weighted by Crippen LogP contribution is -2.46. The minimum atomic E-state index is -0.274. The Balaban J connectivity index is 1.63. The van der Waals surface area contributed by atoms with Gasteiger partial charge < -0.3 is 20.1 Å². The zero-order valence-corrected chi connectivity index (χ0v) is 19.0. The predicted octanol–water partition coefficient (Wildman–Crippen LogP) is 4.81. The lowest BCUT2D eigenvalue weighted by atomic mass is 9.85. The molecule has 2 aromatic carbocycles. The maximum absolute atomic E-state index is 12.7. The Kier molecular flexibility index (Phi) is 6.28. The maximum Gasteiger partial charge on any atom is 0.171 e. The molecule has 5 nitrogen and oxygen atoms in total. The highest BCUT2D eigenvalue weighted by Gasteiger charge is 2.33. The molecule has 0 radical (unpaired) electrons. The molecule has 1 unspecified atom stereocenters. The number of allylic oxidation sites excluding steroid dienone is 1. The zero-order chi connectivity index (χ0) is 22.0. The molecule has 1 atom stereocenters. The summed E-state index contributed by atoms with van der Waals surface area (Å²) in [6.07, 6.45) is 2.27. The number of ether oxygens (including phenoxy) is 2. The normalized spacial score (nSPS) is 18.2. The lowest BCUT2D eigenvalue weighted by Gasteiger charge is -2.34. The molecule has 1 aliphatic carbocycles. The number of ketones is 1. The van der Waals surface area contributed by atoms with Crippen molar-refractivity contribution in [2.24, 2.45) is 0 Å². The molecule has 0 saturated heterocycles. The van der Waals surface area contributed by atoms with Gasteiger partial charge >= 0.3 is 0 Å². The molecule has 2 N–H and O–H groups in total. The van der Waals surface area contributed by atoms with Crippen LogP contribution in [-0.4, -0.2) is 17.5 Å². The summed E-state index contributed by atoms with van der Waals surface area (Å²) in [6.45, 7) is 7.10. The largest absolute Gasteiger partial charge is 0.490 e. The first-order chi connectivity index (χ1) is 15.0. The molecule has 162 valence electrons. The van der Waals surface area contributed by atoms with Crippen LogP contribution in [0.5, 0.6) is 11.5 Å². The smallest absolute Gasteiger partial charge is 0.171 e. The fourth-order valence-corrected chi connectivity index (χ4v) is 4.40. The van der Waals surface area contributed by atoms with Crippen molar-refractivity contribution in [3.05, 3.63) is 69.9 Å². The van der Waals surface area contributed by atoms with Crippen LogP contribution in [0.4, 0.5) is 0 Å². The Morgan fingerprint density at radius 1 is 1.06 bits per heavy atom. The van der Waals surface area contributed by atoms with Crippen LogP contribution in [-0.2, 0) is 11.4 Å². The molecule has 31 heavy (non-hydrogen) atoms. The number of rotatable bonds is 6. The molecule has 0 aromatic heterocycles. The van der Waals surface area contributed by atoms with Gasteiger partial charge in [0.05, 0.1) is 12.6 Å². The molecule has 2 aromatic rings. The minimum absolute atomic E-state index is 0.168. The summed E-state index contributed by atoms with van der Waals surface area (Å²) in [6, 6.07) is 11.9. The van der Waals surface area contributed by atoms with Crippen molar-refractivity contribution in [1.82, 2.24) is 10.6 Å². The van der Waals surface area contributed by atoms with E-state index in [2.05, 4.69) is 42.7 Å². The number of thiocarbonyl (C=S) groups is 1. The third-order valence-electron chi connectivity index (χ3n) is 5.77. The number of Topliss-reactive ketones (excluding diaryl/α,β-unsaturated/α-hetero) is 1. The first kappa shape index (κ1) is 21.4. The van der Waals surface area contributed by atoms with Crippen LogP contribution in [0.1, 0.15) is 54.5 Å². The Morgan fingerprint density at radius 2 is 1.90 bits per heavy atom. The van der Waals surface area contributed by atoms with E-state index in [-0.39, 0.29) is 11.8 Å². The average molecular weight is 437 g/mol. The van der Waals surface area contributed by atoms with Gasteiger partial charge in [-0.25, -0.2) is 0 Å². The third-order valence-corrected chi connectivity index (χ3v) is 5.99. The van der Waals surface area contributed by atoms with Crippen molar-refractivity contribution in [3.8, 4) is 11.5 Å². The molecule has 1 aliphatic heterocycles. The summed E-state index contributed by atoms with van der Waals surface area (Å²) >= 11 is 5.39. The first-order valence-corrected chi connectivity index (χ1v) is 11.2. The van der Waals surface area contributed by atoms with E-state index in [1.807, 2.05) is 25.1 Å². The highest BCUT2D eigenvalue weighted by molar-refractivity contribution is 7.80. The Labute approximate surface area is 188 Å². The van der Waals surface area contributed by atoms with Gasteiger partial charge in [-0.1, -0.05) is 29.8 Å². The van der Waals surface area contributed by atoms with Crippen molar-refractivity contribution in [1.29, 1.82) is 0 Å². The first-order valence-electron chi connectivity index (χ1n) is 10.8. The molecule has 0 spiro atoms. The molecule has 1 heterocycles. The van der Waals surface area contributed by atoms with Crippen molar-refractivity contribution >= 4 is 23.1 Å². The summed E-state index contributed by atoms with van der Waals surface area (Å²) in [5.74, 6) is 1.52. The highest BCUT2D eigenvalue weighted by atomic mass is 32.1. The fraction of sp³-hybridized carbons (Fsp3) is 0.360. The van der Waals surface area contributed by atoms with E-state index in [1.165, 1.54) is 11.1 Å². The number of carbonyl (C=O) groups excluding carboxylic acids is 1. The highest BCUT2D eigenvalue weighted by Crippen LogP contribution is 2.37. The van der Waals surface area contributed by atoms with Gasteiger partial charge in [0.2, 0.25) is 0 Å². The van der Waals surface area contributed by atoms with Crippen LogP contribution in [0.2, 0.25) is 0 Å². The summed E-state index contributed by atoms with van der Waals surface area (Å²) in [4.78, 5) is 12.7. The van der Waals surface area contributed by atoms with Gasteiger partial charge in [-0.2, -0.15) is 0 Å². The molecule has 2 aliphatic rings. The molecule has 6 heteroatoms. The molecular formula is C25H28N2O3S. The number of hydrogen-bond acceptors (Lipinski definition) is 4. The summed E-state index contributed by atoms with van der Waals surface area (Å²) in [5, 5.41) is 6.99. The van der Waals surface area contributed by atoms with E-state index in [1.54, 1.807) is 0 Å². The number of nitrogens with one attached hydrogen (secondary N) is 2. The quantitative estimate of drug-likeness (QED) is 0.634. The zero-order valence-electron chi connectivity index (χ0n) is 18.2. The summed E-state index contributed by atoms with van der Waals surface area (Å²) in [7, 11) is 0. The number of hydrogen-bond donors (Lipinski definition) is 2. The van der Waals surface area contributed by atoms with E-state index in [0.717, 1.165) is 35.2 Å². The lowest BCUT2D eigenvalue weighted by molar-refractivity contribution is -0.116. The second kappa shape index (κ2) is 9.10. The van der Waals surface area contributed by atoms with Crippen LogP contribution < -0.4 is 20.1 Å². The van der Waals surface area contributed by atoms with Crippen LogP contribution >= 0.6 is 12.2 Å². The van der Waals surface area contributed by atoms with E-state index >= 15 is 0 Å².